The Hall–Kier alpha value is -4.26. The van der Waals surface area contributed by atoms with Gasteiger partial charge in [-0.15, -0.1) is 0 Å². The highest BCUT2D eigenvalue weighted by atomic mass is 16.7. The standard InChI is InChI=1S/C33H37N3O8/c1-20-34-27(18-21-5-4-6-24(17-21)35(2)3)32(41)36(20)15-16-42-25-11-7-22(8-12-25)23-9-13-26(14-10-23)43-33-31(40)30(39)29(38)28(19-37)44-33/h4-14,17-18,28-31,33,37-40H,15-16,19H2,1-3H3/b27-18-/t28-,29-,30+,31-,33-/m1/s1. The molecule has 2 aliphatic heterocycles. The third kappa shape index (κ3) is 6.93. The Morgan fingerprint density at radius 2 is 1.59 bits per heavy atom. The lowest BCUT2D eigenvalue weighted by molar-refractivity contribution is -0.277. The lowest BCUT2D eigenvalue weighted by Crippen LogP contribution is -2.60. The number of aliphatic hydroxyl groups excluding tert-OH is 4. The Morgan fingerprint density at radius 1 is 0.932 bits per heavy atom. The largest absolute Gasteiger partial charge is 0.492 e. The molecule has 232 valence electrons. The van der Waals surface area contributed by atoms with Gasteiger partial charge in [-0.05, 0) is 66.1 Å². The summed E-state index contributed by atoms with van der Waals surface area (Å²) in [5.74, 6) is 1.51. The number of amides is 1. The van der Waals surface area contributed by atoms with Gasteiger partial charge in [0, 0.05) is 19.8 Å². The summed E-state index contributed by atoms with van der Waals surface area (Å²) in [6, 6.07) is 22.5. The van der Waals surface area contributed by atoms with Crippen LogP contribution in [0.15, 0.2) is 83.5 Å². The molecular weight excluding hydrogens is 566 g/mol. The molecule has 4 N–H and O–H groups in total. The van der Waals surface area contributed by atoms with Crippen LogP contribution in [-0.2, 0) is 9.53 Å². The van der Waals surface area contributed by atoms with Gasteiger partial charge in [-0.25, -0.2) is 4.99 Å². The number of hydrogen-bond donors (Lipinski definition) is 4. The summed E-state index contributed by atoms with van der Waals surface area (Å²) in [4.78, 5) is 21.1. The van der Waals surface area contributed by atoms with Gasteiger partial charge in [0.1, 0.15) is 54.1 Å². The molecule has 5 rings (SSSR count). The van der Waals surface area contributed by atoms with Gasteiger partial charge in [-0.3, -0.25) is 9.69 Å². The summed E-state index contributed by atoms with van der Waals surface area (Å²) in [5.41, 5.74) is 4.18. The molecule has 0 radical (unpaired) electrons. The predicted octanol–water partition coefficient (Wildman–Crippen LogP) is 2.28. The Bertz CT molecular complexity index is 1500. The molecule has 0 unspecified atom stereocenters. The van der Waals surface area contributed by atoms with E-state index in [4.69, 9.17) is 14.2 Å². The first kappa shape index (κ1) is 31.2. The number of carbonyl (C=O) groups excluding carboxylic acids is 1. The van der Waals surface area contributed by atoms with Crippen LogP contribution in [0.1, 0.15) is 12.5 Å². The number of ether oxygens (including phenoxy) is 3. The summed E-state index contributed by atoms with van der Waals surface area (Å²) in [6.45, 7) is 1.94. The quantitative estimate of drug-likeness (QED) is 0.257. The first-order valence-electron chi connectivity index (χ1n) is 14.3. The number of nitrogens with zero attached hydrogens (tertiary/aromatic N) is 3. The summed E-state index contributed by atoms with van der Waals surface area (Å²) < 4.78 is 17.0. The molecule has 0 saturated carbocycles. The van der Waals surface area contributed by atoms with E-state index in [1.807, 2.05) is 86.6 Å². The van der Waals surface area contributed by atoms with Crippen molar-refractivity contribution in [1.29, 1.82) is 0 Å². The maximum atomic E-state index is 13.0. The van der Waals surface area contributed by atoms with Crippen LogP contribution in [0.25, 0.3) is 17.2 Å². The van der Waals surface area contributed by atoms with E-state index in [1.165, 1.54) is 0 Å². The average Bonchev–Trinajstić information content (AvgIpc) is 3.29. The Labute approximate surface area is 255 Å². The fourth-order valence-corrected chi connectivity index (χ4v) is 5.00. The summed E-state index contributed by atoms with van der Waals surface area (Å²) >= 11 is 0. The van der Waals surface area contributed by atoms with Gasteiger partial charge in [0.2, 0.25) is 6.29 Å². The van der Waals surface area contributed by atoms with Crippen LogP contribution in [0.3, 0.4) is 0 Å². The normalized spacial score (nSPS) is 24.4. The predicted molar refractivity (Wildman–Crippen MR) is 165 cm³/mol. The zero-order chi connectivity index (χ0) is 31.4. The molecule has 2 aliphatic rings. The average molecular weight is 604 g/mol. The van der Waals surface area contributed by atoms with E-state index in [0.29, 0.717) is 36.2 Å². The van der Waals surface area contributed by atoms with E-state index in [-0.39, 0.29) is 5.91 Å². The van der Waals surface area contributed by atoms with Crippen molar-refractivity contribution in [3.63, 3.8) is 0 Å². The number of aliphatic imine (C=N–C) groups is 1. The minimum absolute atomic E-state index is 0.157. The molecule has 3 aromatic carbocycles. The van der Waals surface area contributed by atoms with E-state index in [9.17, 15) is 25.2 Å². The van der Waals surface area contributed by atoms with E-state index in [1.54, 1.807) is 23.1 Å². The van der Waals surface area contributed by atoms with Crippen LogP contribution in [0.2, 0.25) is 0 Å². The summed E-state index contributed by atoms with van der Waals surface area (Å²) in [7, 11) is 3.94. The monoisotopic (exact) mass is 603 g/mol. The highest BCUT2D eigenvalue weighted by molar-refractivity contribution is 6.13. The van der Waals surface area contributed by atoms with Crippen molar-refractivity contribution < 1.29 is 39.4 Å². The molecule has 11 nitrogen and oxygen atoms in total. The third-order valence-corrected chi connectivity index (χ3v) is 7.55. The SMILES string of the molecule is CC1=N/C(=C\c2cccc(N(C)C)c2)C(=O)N1CCOc1ccc(-c2ccc(O[C@@H]3O[C@H](CO)[C@@H](O)[C@H](O)[C@H]3O)cc2)cc1. The van der Waals surface area contributed by atoms with Gasteiger partial charge >= 0.3 is 0 Å². The Kier molecular flexibility index (Phi) is 9.62. The zero-order valence-electron chi connectivity index (χ0n) is 24.8. The van der Waals surface area contributed by atoms with Crippen LogP contribution in [-0.4, -0.2) is 102 Å². The summed E-state index contributed by atoms with van der Waals surface area (Å²) in [6.07, 6.45) is -4.93. The molecule has 0 spiro atoms. The van der Waals surface area contributed by atoms with Crippen LogP contribution in [0.5, 0.6) is 11.5 Å². The fraction of sp³-hybridized carbons (Fsp3) is 0.333. The lowest BCUT2D eigenvalue weighted by atomic mass is 9.99. The molecular formula is C33H37N3O8. The Morgan fingerprint density at radius 3 is 2.23 bits per heavy atom. The van der Waals surface area contributed by atoms with E-state index in [2.05, 4.69) is 4.99 Å². The van der Waals surface area contributed by atoms with Crippen molar-refractivity contribution in [3.8, 4) is 22.6 Å². The second-order valence-corrected chi connectivity index (χ2v) is 10.8. The molecule has 1 fully saturated rings. The molecule has 1 amide bonds. The van der Waals surface area contributed by atoms with Gasteiger partial charge in [0.05, 0.1) is 13.2 Å². The summed E-state index contributed by atoms with van der Waals surface area (Å²) in [5, 5.41) is 39.5. The topological polar surface area (TPSA) is 145 Å². The van der Waals surface area contributed by atoms with Gasteiger partial charge in [0.15, 0.2) is 0 Å². The van der Waals surface area contributed by atoms with Gasteiger partial charge in [-0.2, -0.15) is 0 Å². The molecule has 1 saturated heterocycles. The number of hydrogen-bond acceptors (Lipinski definition) is 10. The second-order valence-electron chi connectivity index (χ2n) is 10.8. The van der Waals surface area contributed by atoms with Crippen molar-refractivity contribution in [3.05, 3.63) is 84.1 Å². The number of aliphatic hydroxyl groups is 4. The van der Waals surface area contributed by atoms with Crippen molar-refractivity contribution in [2.45, 2.75) is 37.6 Å². The lowest BCUT2D eigenvalue weighted by Gasteiger charge is -2.39. The smallest absolute Gasteiger partial charge is 0.277 e. The van der Waals surface area contributed by atoms with E-state index < -0.39 is 37.3 Å². The van der Waals surface area contributed by atoms with Crippen LogP contribution in [0, 0.1) is 0 Å². The third-order valence-electron chi connectivity index (χ3n) is 7.55. The fourth-order valence-electron chi connectivity index (χ4n) is 5.00. The van der Waals surface area contributed by atoms with Crippen molar-refractivity contribution >= 4 is 23.5 Å². The maximum Gasteiger partial charge on any atom is 0.277 e. The zero-order valence-corrected chi connectivity index (χ0v) is 24.8. The first-order chi connectivity index (χ1) is 21.1. The first-order valence-corrected chi connectivity index (χ1v) is 14.3. The van der Waals surface area contributed by atoms with Crippen LogP contribution < -0.4 is 14.4 Å². The van der Waals surface area contributed by atoms with Crippen molar-refractivity contribution in [2.24, 2.45) is 4.99 Å². The van der Waals surface area contributed by atoms with E-state index >= 15 is 0 Å². The number of rotatable bonds is 10. The highest BCUT2D eigenvalue weighted by Gasteiger charge is 2.44. The molecule has 0 bridgehead atoms. The van der Waals surface area contributed by atoms with Gasteiger partial charge in [0.25, 0.3) is 5.91 Å². The van der Waals surface area contributed by atoms with Gasteiger partial charge in [-0.1, -0.05) is 36.4 Å². The number of carbonyl (C=O) groups is 1. The number of anilines is 1. The maximum absolute atomic E-state index is 13.0. The molecule has 3 aromatic rings. The molecule has 2 heterocycles. The minimum Gasteiger partial charge on any atom is -0.492 e. The number of benzene rings is 3. The molecule has 0 aliphatic carbocycles. The minimum atomic E-state index is -1.51. The molecule has 11 heteroatoms. The van der Waals surface area contributed by atoms with Crippen molar-refractivity contribution in [2.75, 3.05) is 38.8 Å². The van der Waals surface area contributed by atoms with Crippen molar-refractivity contribution in [1.82, 2.24) is 4.90 Å². The Balaban J connectivity index is 1.13. The molecule has 0 aromatic heterocycles. The van der Waals surface area contributed by atoms with Crippen LogP contribution in [0.4, 0.5) is 5.69 Å². The van der Waals surface area contributed by atoms with Crippen LogP contribution >= 0.6 is 0 Å². The van der Waals surface area contributed by atoms with Gasteiger partial charge < -0.3 is 39.5 Å². The second kappa shape index (κ2) is 13.6. The number of amidine groups is 1. The highest BCUT2D eigenvalue weighted by Crippen LogP contribution is 2.28. The molecule has 44 heavy (non-hydrogen) atoms. The van der Waals surface area contributed by atoms with E-state index in [0.717, 1.165) is 22.4 Å². The molecule has 5 atom stereocenters.